The van der Waals surface area contributed by atoms with Gasteiger partial charge in [0, 0.05) is 10.7 Å². The molecule has 0 aromatic heterocycles. The first kappa shape index (κ1) is 22.9. The SMILES string of the molecule is O=S(=O)(Nc1ccc(Cl)c(Cl)c1)c1ccc(NC(=S)Nc2cc(Cl)ccc2Cl)cc1. The van der Waals surface area contributed by atoms with Crippen molar-refractivity contribution < 1.29 is 8.42 Å². The van der Waals surface area contributed by atoms with Gasteiger partial charge in [-0.25, -0.2) is 8.42 Å². The maximum Gasteiger partial charge on any atom is 0.261 e. The second-order valence-corrected chi connectivity index (χ2v) is 9.71. The first-order valence-corrected chi connectivity index (χ1v) is 11.7. The average Bonchev–Trinajstić information content (AvgIpc) is 2.68. The summed E-state index contributed by atoms with van der Waals surface area (Å²) in [4.78, 5) is 0.0656. The summed E-state index contributed by atoms with van der Waals surface area (Å²) in [5, 5.41) is 7.70. The summed E-state index contributed by atoms with van der Waals surface area (Å²) in [5.74, 6) is 0. The Bertz CT molecular complexity index is 1200. The molecule has 30 heavy (non-hydrogen) atoms. The summed E-state index contributed by atoms with van der Waals surface area (Å²) in [7, 11) is -3.81. The van der Waals surface area contributed by atoms with E-state index in [-0.39, 0.29) is 15.0 Å². The molecule has 3 N–H and O–H groups in total. The van der Waals surface area contributed by atoms with Crippen molar-refractivity contribution in [2.75, 3.05) is 15.4 Å². The van der Waals surface area contributed by atoms with Crippen LogP contribution in [0.15, 0.2) is 65.6 Å². The van der Waals surface area contributed by atoms with E-state index in [1.165, 1.54) is 30.3 Å². The number of nitrogens with one attached hydrogen (secondary N) is 3. The van der Waals surface area contributed by atoms with Crippen molar-refractivity contribution >= 4 is 90.8 Å². The molecule has 0 fully saturated rings. The Morgan fingerprint density at radius 2 is 1.37 bits per heavy atom. The first-order valence-electron chi connectivity index (χ1n) is 8.25. The summed E-state index contributed by atoms with van der Waals surface area (Å²) >= 11 is 29.1. The van der Waals surface area contributed by atoms with Gasteiger partial charge in [-0.05, 0) is 72.9 Å². The van der Waals surface area contributed by atoms with Crippen LogP contribution in [0.4, 0.5) is 17.1 Å². The summed E-state index contributed by atoms with van der Waals surface area (Å²) in [6, 6.07) is 15.5. The van der Waals surface area contributed by atoms with E-state index < -0.39 is 10.0 Å². The molecule has 0 saturated heterocycles. The quantitative estimate of drug-likeness (QED) is 0.319. The Hall–Kier alpha value is -1.74. The van der Waals surface area contributed by atoms with Crippen molar-refractivity contribution in [3.8, 4) is 0 Å². The lowest BCUT2D eigenvalue weighted by molar-refractivity contribution is 0.601. The molecule has 0 amide bonds. The molecule has 3 aromatic rings. The molecule has 0 aliphatic rings. The maximum absolute atomic E-state index is 12.6. The van der Waals surface area contributed by atoms with Gasteiger partial charge in [0.1, 0.15) is 0 Å². The summed E-state index contributed by atoms with van der Waals surface area (Å²) in [6.45, 7) is 0. The van der Waals surface area contributed by atoms with E-state index in [9.17, 15) is 8.42 Å². The topological polar surface area (TPSA) is 70.2 Å². The number of thiocarbonyl (C=S) groups is 1. The van der Waals surface area contributed by atoms with Gasteiger partial charge in [-0.2, -0.15) is 0 Å². The fourth-order valence-electron chi connectivity index (χ4n) is 2.37. The predicted octanol–water partition coefficient (Wildman–Crippen LogP) is 6.91. The maximum atomic E-state index is 12.6. The molecule has 3 rings (SSSR count). The standard InChI is InChI=1S/C19H13Cl4N3O2S2/c20-11-1-7-16(22)18(9-11)25-19(29)24-12-2-5-14(6-3-12)30(27,28)26-13-4-8-15(21)17(23)10-13/h1-10,26H,(H2,24,25,29). The Morgan fingerprint density at radius 3 is 2.03 bits per heavy atom. The minimum Gasteiger partial charge on any atom is -0.332 e. The van der Waals surface area contributed by atoms with Crippen molar-refractivity contribution in [2.24, 2.45) is 0 Å². The van der Waals surface area contributed by atoms with Crippen LogP contribution in [0.1, 0.15) is 0 Å². The van der Waals surface area contributed by atoms with E-state index in [2.05, 4.69) is 15.4 Å². The fraction of sp³-hybridized carbons (Fsp3) is 0. The van der Waals surface area contributed by atoms with Crippen LogP contribution in [0.3, 0.4) is 0 Å². The van der Waals surface area contributed by atoms with Crippen LogP contribution in [-0.4, -0.2) is 13.5 Å². The molecule has 5 nitrogen and oxygen atoms in total. The number of hydrogen-bond donors (Lipinski definition) is 3. The molecule has 156 valence electrons. The van der Waals surface area contributed by atoms with Crippen molar-refractivity contribution in [1.82, 2.24) is 0 Å². The molecule has 0 radical (unpaired) electrons. The van der Waals surface area contributed by atoms with Gasteiger partial charge in [-0.15, -0.1) is 0 Å². The van der Waals surface area contributed by atoms with Gasteiger partial charge < -0.3 is 10.6 Å². The number of benzene rings is 3. The molecule has 0 unspecified atom stereocenters. The highest BCUT2D eigenvalue weighted by molar-refractivity contribution is 7.92. The molecule has 11 heteroatoms. The Kier molecular flexibility index (Phi) is 7.34. The van der Waals surface area contributed by atoms with Crippen LogP contribution >= 0.6 is 58.6 Å². The number of anilines is 3. The van der Waals surface area contributed by atoms with Crippen molar-refractivity contribution in [3.63, 3.8) is 0 Å². The molecule has 3 aromatic carbocycles. The lowest BCUT2D eigenvalue weighted by Crippen LogP contribution is -2.19. The molecule has 0 spiro atoms. The second kappa shape index (κ2) is 9.60. The molecule has 0 atom stereocenters. The Morgan fingerprint density at radius 1 is 0.733 bits per heavy atom. The summed E-state index contributed by atoms with van der Waals surface area (Å²) < 4.78 is 27.6. The predicted molar refractivity (Wildman–Crippen MR) is 130 cm³/mol. The van der Waals surface area contributed by atoms with E-state index in [1.54, 1.807) is 30.3 Å². The number of hydrogen-bond acceptors (Lipinski definition) is 3. The molecule has 0 aliphatic carbocycles. The molecule has 0 heterocycles. The smallest absolute Gasteiger partial charge is 0.261 e. The van der Waals surface area contributed by atoms with E-state index in [4.69, 9.17) is 58.6 Å². The Balaban J connectivity index is 1.68. The van der Waals surface area contributed by atoms with Gasteiger partial charge >= 0.3 is 0 Å². The van der Waals surface area contributed by atoms with E-state index in [0.717, 1.165) is 0 Å². The highest BCUT2D eigenvalue weighted by Crippen LogP contribution is 2.27. The third kappa shape index (κ3) is 5.91. The minimum atomic E-state index is -3.81. The number of rotatable bonds is 5. The van der Waals surface area contributed by atoms with Crippen LogP contribution in [0.2, 0.25) is 20.1 Å². The van der Waals surface area contributed by atoms with Crippen LogP contribution < -0.4 is 15.4 Å². The third-order valence-electron chi connectivity index (χ3n) is 3.77. The van der Waals surface area contributed by atoms with Gasteiger partial charge in [-0.3, -0.25) is 4.72 Å². The van der Waals surface area contributed by atoms with Gasteiger partial charge in [-0.1, -0.05) is 46.4 Å². The van der Waals surface area contributed by atoms with Crippen molar-refractivity contribution in [1.29, 1.82) is 0 Å². The highest BCUT2D eigenvalue weighted by atomic mass is 35.5. The van der Waals surface area contributed by atoms with Crippen LogP contribution in [0.25, 0.3) is 0 Å². The highest BCUT2D eigenvalue weighted by Gasteiger charge is 2.15. The number of halogens is 4. The number of sulfonamides is 1. The minimum absolute atomic E-state index is 0.0656. The third-order valence-corrected chi connectivity index (χ3v) is 6.68. The van der Waals surface area contributed by atoms with E-state index in [0.29, 0.717) is 32.1 Å². The Labute approximate surface area is 199 Å². The van der Waals surface area contributed by atoms with Crippen LogP contribution in [-0.2, 0) is 10.0 Å². The van der Waals surface area contributed by atoms with Gasteiger partial charge in [0.25, 0.3) is 10.0 Å². The summed E-state index contributed by atoms with van der Waals surface area (Å²) in [6.07, 6.45) is 0. The molecular weight excluding hydrogens is 508 g/mol. The normalized spacial score (nSPS) is 11.1. The lowest BCUT2D eigenvalue weighted by atomic mass is 10.3. The fourth-order valence-corrected chi connectivity index (χ4v) is 4.28. The van der Waals surface area contributed by atoms with Crippen molar-refractivity contribution in [2.45, 2.75) is 4.90 Å². The largest absolute Gasteiger partial charge is 0.332 e. The molecular formula is C19H13Cl4N3O2S2. The molecule has 0 aliphatic heterocycles. The zero-order valence-corrected chi connectivity index (χ0v) is 19.6. The van der Waals surface area contributed by atoms with E-state index in [1.807, 2.05) is 0 Å². The monoisotopic (exact) mass is 519 g/mol. The lowest BCUT2D eigenvalue weighted by Gasteiger charge is -2.13. The van der Waals surface area contributed by atoms with Crippen LogP contribution in [0, 0.1) is 0 Å². The van der Waals surface area contributed by atoms with Crippen LogP contribution in [0.5, 0.6) is 0 Å². The first-order chi connectivity index (χ1) is 14.1. The van der Waals surface area contributed by atoms with Gasteiger partial charge in [0.15, 0.2) is 5.11 Å². The average molecular weight is 521 g/mol. The van der Waals surface area contributed by atoms with E-state index >= 15 is 0 Å². The van der Waals surface area contributed by atoms with Gasteiger partial charge in [0.05, 0.1) is 31.3 Å². The van der Waals surface area contributed by atoms with Gasteiger partial charge in [0.2, 0.25) is 0 Å². The molecule has 0 bridgehead atoms. The summed E-state index contributed by atoms with van der Waals surface area (Å²) in [5.41, 5.74) is 1.43. The van der Waals surface area contributed by atoms with Crippen molar-refractivity contribution in [3.05, 3.63) is 80.8 Å². The second-order valence-electron chi connectivity index (χ2n) is 5.96. The zero-order chi connectivity index (χ0) is 21.9. The zero-order valence-electron chi connectivity index (χ0n) is 14.9. The molecule has 0 saturated carbocycles.